The molecular weight excluding hydrogens is 204 g/mol. The summed E-state index contributed by atoms with van der Waals surface area (Å²) in [4.78, 5) is 0. The minimum absolute atomic E-state index is 0.285. The Labute approximate surface area is 98.4 Å². The number of fused-ring (bicyclic) bond motifs is 1. The van der Waals surface area contributed by atoms with Crippen LogP contribution in [0.5, 0.6) is 0 Å². The number of halogens is 1. The van der Waals surface area contributed by atoms with Gasteiger partial charge >= 0.3 is 0 Å². The van der Waals surface area contributed by atoms with E-state index < -0.39 is 0 Å². The molecule has 0 amide bonds. The van der Waals surface area contributed by atoms with E-state index in [0.29, 0.717) is 5.88 Å². The smallest absolute Gasteiger partial charge is 0.0439 e. The van der Waals surface area contributed by atoms with E-state index in [0.717, 1.165) is 11.8 Å². The predicted octanol–water partition coefficient (Wildman–Crippen LogP) is 4.55. The summed E-state index contributed by atoms with van der Waals surface area (Å²) in [5.74, 6) is 2.17. The van der Waals surface area contributed by atoms with Crippen LogP contribution in [-0.2, 0) is 0 Å². The van der Waals surface area contributed by atoms with E-state index in [4.69, 9.17) is 11.6 Å². The molecule has 0 nitrogen and oxygen atoms in total. The molecule has 1 fully saturated rings. The fourth-order valence-corrected chi connectivity index (χ4v) is 3.68. The molecule has 2 aliphatic carbocycles. The van der Waals surface area contributed by atoms with Crippen LogP contribution >= 0.6 is 11.6 Å². The van der Waals surface area contributed by atoms with Crippen molar-refractivity contribution in [1.82, 2.24) is 0 Å². The fraction of sp³-hybridized carbons (Fsp3) is 0.714. The van der Waals surface area contributed by atoms with Crippen molar-refractivity contribution >= 4 is 11.6 Å². The van der Waals surface area contributed by atoms with Gasteiger partial charge in [0.05, 0.1) is 0 Å². The molecule has 0 heterocycles. The van der Waals surface area contributed by atoms with Crippen molar-refractivity contribution in [2.75, 3.05) is 5.88 Å². The van der Waals surface area contributed by atoms with Crippen LogP contribution in [0, 0.1) is 17.3 Å². The minimum Gasteiger partial charge on any atom is -0.122 e. The van der Waals surface area contributed by atoms with Crippen molar-refractivity contribution in [1.29, 1.82) is 0 Å². The van der Waals surface area contributed by atoms with Gasteiger partial charge in [-0.1, -0.05) is 37.6 Å². The number of hydrogen-bond acceptors (Lipinski definition) is 0. The molecule has 0 aromatic carbocycles. The summed E-state index contributed by atoms with van der Waals surface area (Å²) in [6.45, 7) is 8.96. The van der Waals surface area contributed by atoms with Crippen LogP contribution < -0.4 is 0 Å². The van der Waals surface area contributed by atoms with Crippen molar-refractivity contribution in [2.45, 2.75) is 39.5 Å². The van der Waals surface area contributed by atoms with Gasteiger partial charge in [0.15, 0.2) is 0 Å². The monoisotopic (exact) mass is 224 g/mol. The van der Waals surface area contributed by atoms with Gasteiger partial charge in [0.2, 0.25) is 0 Å². The van der Waals surface area contributed by atoms with Crippen LogP contribution in [0.2, 0.25) is 0 Å². The van der Waals surface area contributed by atoms with Crippen LogP contribution in [-0.4, -0.2) is 5.88 Å². The summed E-state index contributed by atoms with van der Waals surface area (Å²) in [6, 6.07) is 0. The molecule has 0 saturated heterocycles. The highest BCUT2D eigenvalue weighted by atomic mass is 35.5. The highest BCUT2D eigenvalue weighted by Gasteiger charge is 2.45. The topological polar surface area (TPSA) is 0 Å². The lowest BCUT2D eigenvalue weighted by atomic mass is 9.61. The van der Waals surface area contributed by atoms with Gasteiger partial charge in [-0.3, -0.25) is 0 Å². The summed E-state index contributed by atoms with van der Waals surface area (Å²) < 4.78 is 0. The standard InChI is InChI=1S/C14H21Cl/c1-10-6-8-14(11(2)9-15)7-4-5-13(14)12(10)3/h5,10,12H,2,4,6-9H2,1,3H3. The molecule has 0 N–H and O–H groups in total. The maximum Gasteiger partial charge on any atom is 0.0439 e. The zero-order chi connectivity index (χ0) is 11.1. The van der Waals surface area contributed by atoms with Crippen LogP contribution in [0.25, 0.3) is 0 Å². The lowest BCUT2D eigenvalue weighted by Crippen LogP contribution is -2.34. The second kappa shape index (κ2) is 3.97. The third-order valence-electron chi connectivity index (χ3n) is 4.70. The van der Waals surface area contributed by atoms with Gasteiger partial charge in [0.25, 0.3) is 0 Å². The molecule has 0 aliphatic heterocycles. The molecule has 0 bridgehead atoms. The third kappa shape index (κ3) is 1.58. The van der Waals surface area contributed by atoms with Gasteiger partial charge in [-0.15, -0.1) is 11.6 Å². The van der Waals surface area contributed by atoms with Crippen molar-refractivity contribution in [3.8, 4) is 0 Å². The first-order valence-corrected chi connectivity index (χ1v) is 6.60. The molecule has 15 heavy (non-hydrogen) atoms. The quantitative estimate of drug-likeness (QED) is 0.477. The summed E-state index contributed by atoms with van der Waals surface area (Å²) in [7, 11) is 0. The van der Waals surface area contributed by atoms with E-state index in [1.165, 1.54) is 31.3 Å². The van der Waals surface area contributed by atoms with Crippen LogP contribution in [0.3, 0.4) is 0 Å². The van der Waals surface area contributed by atoms with Crippen molar-refractivity contribution in [3.63, 3.8) is 0 Å². The maximum atomic E-state index is 6.00. The molecule has 0 aromatic rings. The average Bonchev–Trinajstić information content (AvgIpc) is 2.68. The Hall–Kier alpha value is -0.230. The van der Waals surface area contributed by atoms with E-state index in [1.54, 1.807) is 5.57 Å². The normalized spacial score (nSPS) is 39.8. The van der Waals surface area contributed by atoms with Gasteiger partial charge in [0.1, 0.15) is 0 Å². The molecule has 2 aliphatic rings. The van der Waals surface area contributed by atoms with E-state index in [-0.39, 0.29) is 5.41 Å². The zero-order valence-electron chi connectivity index (χ0n) is 9.85. The average molecular weight is 225 g/mol. The predicted molar refractivity (Wildman–Crippen MR) is 67.2 cm³/mol. The number of alkyl halides is 1. The van der Waals surface area contributed by atoms with Crippen molar-refractivity contribution in [3.05, 3.63) is 23.8 Å². The second-order valence-electron chi connectivity index (χ2n) is 5.32. The molecule has 84 valence electrons. The molecule has 1 saturated carbocycles. The van der Waals surface area contributed by atoms with Crippen LogP contribution in [0.1, 0.15) is 39.5 Å². The van der Waals surface area contributed by atoms with E-state index in [9.17, 15) is 0 Å². The van der Waals surface area contributed by atoms with Gasteiger partial charge in [-0.25, -0.2) is 0 Å². The molecule has 1 heteroatoms. The largest absolute Gasteiger partial charge is 0.122 e. The molecule has 3 atom stereocenters. The Balaban J connectivity index is 2.33. The number of hydrogen-bond donors (Lipinski definition) is 0. The Morgan fingerprint density at radius 3 is 2.93 bits per heavy atom. The van der Waals surface area contributed by atoms with Gasteiger partial charge in [-0.05, 0) is 37.5 Å². The second-order valence-corrected chi connectivity index (χ2v) is 5.59. The Kier molecular flexibility index (Phi) is 2.98. The maximum absolute atomic E-state index is 6.00. The Morgan fingerprint density at radius 1 is 1.53 bits per heavy atom. The van der Waals surface area contributed by atoms with Crippen molar-refractivity contribution < 1.29 is 0 Å². The summed E-state index contributed by atoms with van der Waals surface area (Å²) in [5.41, 5.74) is 3.19. The molecule has 0 radical (unpaired) electrons. The number of rotatable bonds is 2. The van der Waals surface area contributed by atoms with Gasteiger partial charge in [0, 0.05) is 11.3 Å². The molecule has 2 rings (SSSR count). The lowest BCUT2D eigenvalue weighted by molar-refractivity contribution is 0.228. The Bertz CT molecular complexity index is 302. The van der Waals surface area contributed by atoms with E-state index in [2.05, 4.69) is 26.5 Å². The highest BCUT2D eigenvalue weighted by Crippen LogP contribution is 2.56. The van der Waals surface area contributed by atoms with Gasteiger partial charge < -0.3 is 0 Å². The molecule has 3 unspecified atom stereocenters. The Morgan fingerprint density at radius 2 is 2.27 bits per heavy atom. The number of allylic oxidation sites excluding steroid dienone is 3. The highest BCUT2D eigenvalue weighted by molar-refractivity contribution is 6.19. The van der Waals surface area contributed by atoms with E-state index >= 15 is 0 Å². The zero-order valence-corrected chi connectivity index (χ0v) is 10.6. The molecule has 0 aromatic heterocycles. The summed E-state index contributed by atoms with van der Waals surface area (Å²) >= 11 is 6.00. The summed E-state index contributed by atoms with van der Waals surface area (Å²) in [5, 5.41) is 0. The lowest BCUT2D eigenvalue weighted by Gasteiger charge is -2.44. The third-order valence-corrected chi connectivity index (χ3v) is 5.02. The molecule has 0 spiro atoms. The minimum atomic E-state index is 0.285. The SMILES string of the molecule is C=C(CCl)C12CCC=C1C(C)C(C)CC2. The first kappa shape index (κ1) is 11.3. The van der Waals surface area contributed by atoms with Crippen LogP contribution in [0.4, 0.5) is 0 Å². The fourth-order valence-electron chi connectivity index (χ4n) is 3.42. The first-order valence-electron chi connectivity index (χ1n) is 6.06. The molecular formula is C14H21Cl. The van der Waals surface area contributed by atoms with Crippen LogP contribution in [0.15, 0.2) is 23.8 Å². The van der Waals surface area contributed by atoms with Gasteiger partial charge in [-0.2, -0.15) is 0 Å². The first-order chi connectivity index (χ1) is 7.12. The van der Waals surface area contributed by atoms with Crippen molar-refractivity contribution in [2.24, 2.45) is 17.3 Å². The summed E-state index contributed by atoms with van der Waals surface area (Å²) in [6.07, 6.45) is 7.54. The van der Waals surface area contributed by atoms with E-state index in [1.807, 2.05) is 0 Å².